The number of nitrogens with zero attached hydrogens (tertiary/aromatic N) is 2. The number of ether oxygens (including phenoxy) is 1. The van der Waals surface area contributed by atoms with Crippen LogP contribution in [0.4, 0.5) is 4.79 Å². The number of carbonyl (C=O) groups is 3. The van der Waals surface area contributed by atoms with Crippen LogP contribution in [0.1, 0.15) is 31.8 Å². The first-order valence-corrected chi connectivity index (χ1v) is 11.4. The van der Waals surface area contributed by atoms with Crippen LogP contribution < -0.4 is 10.6 Å². The molecule has 9 heteroatoms. The fourth-order valence-corrected chi connectivity index (χ4v) is 4.36. The summed E-state index contributed by atoms with van der Waals surface area (Å²) in [7, 11) is 1.34. The van der Waals surface area contributed by atoms with Gasteiger partial charge < -0.3 is 30.3 Å². The van der Waals surface area contributed by atoms with E-state index in [9.17, 15) is 19.5 Å². The zero-order chi connectivity index (χ0) is 24.1. The van der Waals surface area contributed by atoms with Gasteiger partial charge in [-0.15, -0.1) is 0 Å². The second-order valence-electron chi connectivity index (χ2n) is 8.56. The molecule has 9 nitrogen and oxygen atoms in total. The molecule has 1 fully saturated rings. The topological polar surface area (TPSA) is 111 Å². The molecule has 4 rings (SSSR count). The van der Waals surface area contributed by atoms with Crippen molar-refractivity contribution in [3.8, 4) is 0 Å². The number of aliphatic hydroxyl groups is 1. The monoisotopic (exact) mass is 466 g/mol. The van der Waals surface area contributed by atoms with Crippen molar-refractivity contribution in [2.24, 2.45) is 0 Å². The number of aliphatic hydroxyl groups excluding tert-OH is 1. The average molecular weight is 467 g/mol. The third-order valence-corrected chi connectivity index (χ3v) is 6.44. The Bertz CT molecular complexity index is 1030. The minimum Gasteiger partial charge on any atom is -0.453 e. The second kappa shape index (κ2) is 10.7. The van der Waals surface area contributed by atoms with Gasteiger partial charge in [0.2, 0.25) is 0 Å². The molecule has 1 saturated heterocycles. The Morgan fingerprint density at radius 1 is 1.00 bits per heavy atom. The number of hydrogen-bond donors (Lipinski definition) is 3. The van der Waals surface area contributed by atoms with Crippen LogP contribution in [0.5, 0.6) is 0 Å². The molecule has 2 atom stereocenters. The van der Waals surface area contributed by atoms with Gasteiger partial charge >= 0.3 is 6.09 Å². The van der Waals surface area contributed by atoms with Crippen molar-refractivity contribution in [1.82, 2.24) is 20.4 Å². The molecular weight excluding hydrogens is 436 g/mol. The summed E-state index contributed by atoms with van der Waals surface area (Å²) in [5.74, 6) is -0.448. The number of benzene rings is 2. The third kappa shape index (κ3) is 5.37. The van der Waals surface area contributed by atoms with Crippen LogP contribution >= 0.6 is 0 Å². The summed E-state index contributed by atoms with van der Waals surface area (Å²) in [5, 5.41) is 16.7. The SMILES string of the molecule is COC(=O)N1CCN(C(=O)c2ccc(C(=O)NCC(O)C3Cc4ccccc4CN3)cc2)CC1. The average Bonchev–Trinajstić information content (AvgIpc) is 2.90. The number of rotatable bonds is 5. The zero-order valence-corrected chi connectivity index (χ0v) is 19.2. The summed E-state index contributed by atoms with van der Waals surface area (Å²) in [4.78, 5) is 40.1. The molecule has 2 aromatic rings. The van der Waals surface area contributed by atoms with Crippen LogP contribution in [0.3, 0.4) is 0 Å². The first-order chi connectivity index (χ1) is 16.5. The van der Waals surface area contributed by atoms with Crippen LogP contribution in [0.2, 0.25) is 0 Å². The Labute approximate surface area is 198 Å². The number of piperazine rings is 1. The van der Waals surface area contributed by atoms with Crippen molar-refractivity contribution < 1.29 is 24.2 Å². The molecule has 3 amide bonds. The first kappa shape index (κ1) is 23.7. The number of nitrogens with one attached hydrogen (secondary N) is 2. The van der Waals surface area contributed by atoms with Gasteiger partial charge in [0.15, 0.2) is 0 Å². The molecule has 2 aliphatic heterocycles. The molecule has 34 heavy (non-hydrogen) atoms. The molecular formula is C25H30N4O5. The minimum atomic E-state index is -0.721. The molecule has 0 saturated carbocycles. The van der Waals surface area contributed by atoms with Crippen LogP contribution in [-0.4, -0.2) is 84.8 Å². The molecule has 0 aromatic heterocycles. The van der Waals surface area contributed by atoms with E-state index in [1.54, 1.807) is 34.1 Å². The highest BCUT2D eigenvalue weighted by Crippen LogP contribution is 2.18. The predicted molar refractivity (Wildman–Crippen MR) is 125 cm³/mol. The van der Waals surface area contributed by atoms with Gasteiger partial charge in [-0.25, -0.2) is 4.79 Å². The van der Waals surface area contributed by atoms with Gasteiger partial charge in [-0.2, -0.15) is 0 Å². The lowest BCUT2D eigenvalue weighted by atomic mass is 9.93. The number of methoxy groups -OCH3 is 1. The largest absolute Gasteiger partial charge is 0.453 e. The Balaban J connectivity index is 1.26. The lowest BCUT2D eigenvalue weighted by molar-refractivity contribution is 0.0599. The second-order valence-corrected chi connectivity index (χ2v) is 8.56. The summed E-state index contributed by atoms with van der Waals surface area (Å²) >= 11 is 0. The molecule has 2 aliphatic rings. The molecule has 0 spiro atoms. The number of hydrogen-bond acceptors (Lipinski definition) is 6. The Hall–Kier alpha value is -3.43. The summed E-state index contributed by atoms with van der Waals surface area (Å²) in [6.07, 6.45) is -0.406. The number of carbonyl (C=O) groups excluding carboxylic acids is 3. The van der Waals surface area contributed by atoms with Crippen LogP contribution in [0.15, 0.2) is 48.5 Å². The van der Waals surface area contributed by atoms with E-state index in [4.69, 9.17) is 4.74 Å². The standard InChI is InChI=1S/C25H30N4O5/c1-34-25(33)29-12-10-28(11-13-29)24(32)18-8-6-17(7-9-18)23(31)27-16-22(30)21-14-19-4-2-3-5-20(19)15-26-21/h2-9,21-22,26,30H,10-16H2,1H3,(H,27,31). The molecule has 2 heterocycles. The Kier molecular flexibility index (Phi) is 7.44. The molecule has 3 N–H and O–H groups in total. The molecule has 0 radical (unpaired) electrons. The smallest absolute Gasteiger partial charge is 0.409 e. The zero-order valence-electron chi connectivity index (χ0n) is 19.2. The van der Waals surface area contributed by atoms with E-state index in [2.05, 4.69) is 22.8 Å². The normalized spacial score (nSPS) is 18.6. The maximum atomic E-state index is 12.8. The van der Waals surface area contributed by atoms with Crippen LogP contribution in [0.25, 0.3) is 0 Å². The van der Waals surface area contributed by atoms with Crippen molar-refractivity contribution in [3.05, 3.63) is 70.8 Å². The van der Waals surface area contributed by atoms with Gasteiger partial charge in [-0.3, -0.25) is 9.59 Å². The predicted octanol–water partition coefficient (Wildman–Crippen LogP) is 1.02. The highest BCUT2D eigenvalue weighted by atomic mass is 16.5. The third-order valence-electron chi connectivity index (χ3n) is 6.44. The highest BCUT2D eigenvalue weighted by molar-refractivity contribution is 5.98. The van der Waals surface area contributed by atoms with E-state index in [0.717, 1.165) is 0 Å². The van der Waals surface area contributed by atoms with Crippen LogP contribution in [-0.2, 0) is 17.7 Å². The van der Waals surface area contributed by atoms with E-state index in [1.807, 2.05) is 12.1 Å². The maximum Gasteiger partial charge on any atom is 0.409 e. The molecule has 180 valence electrons. The number of fused-ring (bicyclic) bond motifs is 1. The number of amides is 3. The maximum absolute atomic E-state index is 12.8. The summed E-state index contributed by atoms with van der Waals surface area (Å²) < 4.78 is 4.72. The fraction of sp³-hybridized carbons (Fsp3) is 0.400. The quantitative estimate of drug-likeness (QED) is 0.607. The first-order valence-electron chi connectivity index (χ1n) is 11.4. The molecule has 2 unspecified atom stereocenters. The van der Waals surface area contributed by atoms with Gasteiger partial charge in [-0.05, 0) is 41.8 Å². The Morgan fingerprint density at radius 3 is 2.29 bits per heavy atom. The van der Waals surface area contributed by atoms with Gasteiger partial charge in [0.25, 0.3) is 11.8 Å². The van der Waals surface area contributed by atoms with Gasteiger partial charge in [0.05, 0.1) is 13.2 Å². The van der Waals surface area contributed by atoms with E-state index in [-0.39, 0.29) is 24.4 Å². The van der Waals surface area contributed by atoms with Crippen molar-refractivity contribution in [2.75, 3.05) is 39.8 Å². The lowest BCUT2D eigenvalue weighted by Crippen LogP contribution is -2.50. The van der Waals surface area contributed by atoms with Gasteiger partial charge in [0.1, 0.15) is 0 Å². The Morgan fingerprint density at radius 2 is 1.62 bits per heavy atom. The summed E-state index contributed by atoms with van der Waals surface area (Å²) in [6.45, 7) is 2.51. The lowest BCUT2D eigenvalue weighted by Gasteiger charge is -2.33. The van der Waals surface area contributed by atoms with E-state index < -0.39 is 12.2 Å². The van der Waals surface area contributed by atoms with Crippen LogP contribution in [0, 0.1) is 0 Å². The molecule has 0 bridgehead atoms. The molecule has 0 aliphatic carbocycles. The van der Waals surface area contributed by atoms with Gasteiger partial charge in [0, 0.05) is 56.4 Å². The minimum absolute atomic E-state index is 0.129. The van der Waals surface area contributed by atoms with Gasteiger partial charge in [-0.1, -0.05) is 24.3 Å². The summed E-state index contributed by atoms with van der Waals surface area (Å²) in [6, 6.07) is 14.5. The van der Waals surface area contributed by atoms with E-state index >= 15 is 0 Å². The molecule has 2 aromatic carbocycles. The summed E-state index contributed by atoms with van der Waals surface area (Å²) in [5.41, 5.74) is 3.34. The van der Waals surface area contributed by atoms with Crippen molar-refractivity contribution in [2.45, 2.75) is 25.1 Å². The van der Waals surface area contributed by atoms with Crippen molar-refractivity contribution >= 4 is 17.9 Å². The highest BCUT2D eigenvalue weighted by Gasteiger charge is 2.26. The van der Waals surface area contributed by atoms with Crippen molar-refractivity contribution in [1.29, 1.82) is 0 Å². The van der Waals surface area contributed by atoms with Crippen molar-refractivity contribution in [3.63, 3.8) is 0 Å². The fourth-order valence-electron chi connectivity index (χ4n) is 4.36. The van der Waals surface area contributed by atoms with E-state index in [1.165, 1.54) is 18.2 Å². The van der Waals surface area contributed by atoms with E-state index in [0.29, 0.717) is 50.3 Å².